The Labute approximate surface area is 181 Å². The van der Waals surface area contributed by atoms with Crippen molar-refractivity contribution in [2.75, 3.05) is 17.1 Å². The van der Waals surface area contributed by atoms with Gasteiger partial charge >= 0.3 is 0 Å². The summed E-state index contributed by atoms with van der Waals surface area (Å²) in [5.74, 6) is 0.405. The Kier molecular flexibility index (Phi) is 6.48. The third-order valence-electron chi connectivity index (χ3n) is 4.68. The number of sulfonamides is 1. The molecule has 2 aromatic carbocycles. The first-order valence-corrected chi connectivity index (χ1v) is 11.5. The fraction of sp³-hybridized carbons (Fsp3) is 0.238. The minimum Gasteiger partial charge on any atom is -0.350 e. The molecule has 3 rings (SSSR count). The molecule has 0 aliphatic carbocycles. The van der Waals surface area contributed by atoms with Crippen molar-refractivity contribution in [1.82, 2.24) is 14.9 Å². The summed E-state index contributed by atoms with van der Waals surface area (Å²) in [4.78, 5) is 16.8. The lowest BCUT2D eigenvalue weighted by atomic mass is 10.1. The highest BCUT2D eigenvalue weighted by atomic mass is 35.5. The van der Waals surface area contributed by atoms with Crippen LogP contribution in [0, 0.1) is 13.8 Å². The Morgan fingerprint density at radius 3 is 2.57 bits per heavy atom. The van der Waals surface area contributed by atoms with Gasteiger partial charge in [0.1, 0.15) is 12.4 Å². The van der Waals surface area contributed by atoms with Crippen LogP contribution in [0.3, 0.4) is 0 Å². The molecule has 0 fully saturated rings. The Bertz CT molecular complexity index is 1170. The van der Waals surface area contributed by atoms with Gasteiger partial charge in [-0.25, -0.2) is 13.4 Å². The van der Waals surface area contributed by atoms with E-state index in [-0.39, 0.29) is 13.1 Å². The molecule has 0 radical (unpaired) electrons. The van der Waals surface area contributed by atoms with Gasteiger partial charge < -0.3 is 9.88 Å². The molecule has 7 nitrogen and oxygen atoms in total. The van der Waals surface area contributed by atoms with Crippen molar-refractivity contribution in [1.29, 1.82) is 0 Å². The normalized spacial score (nSPS) is 11.3. The fourth-order valence-corrected chi connectivity index (χ4v) is 4.07. The van der Waals surface area contributed by atoms with E-state index in [1.807, 2.05) is 48.9 Å². The largest absolute Gasteiger partial charge is 0.350 e. The van der Waals surface area contributed by atoms with Crippen molar-refractivity contribution in [2.45, 2.75) is 20.4 Å². The predicted molar refractivity (Wildman–Crippen MR) is 119 cm³/mol. The molecule has 0 aliphatic rings. The maximum atomic E-state index is 12.6. The lowest BCUT2D eigenvalue weighted by Crippen LogP contribution is -2.40. The highest BCUT2D eigenvalue weighted by Crippen LogP contribution is 2.24. The molecule has 158 valence electrons. The van der Waals surface area contributed by atoms with E-state index in [9.17, 15) is 13.2 Å². The second-order valence-electron chi connectivity index (χ2n) is 6.95. The van der Waals surface area contributed by atoms with Crippen molar-refractivity contribution in [3.05, 3.63) is 76.8 Å². The number of aryl methyl sites for hydroxylation is 2. The topological polar surface area (TPSA) is 84.3 Å². The maximum Gasteiger partial charge on any atom is 0.241 e. The van der Waals surface area contributed by atoms with Crippen molar-refractivity contribution < 1.29 is 13.2 Å². The van der Waals surface area contributed by atoms with Gasteiger partial charge in [0.25, 0.3) is 0 Å². The zero-order valence-corrected chi connectivity index (χ0v) is 18.5. The summed E-state index contributed by atoms with van der Waals surface area (Å²) >= 11 is 6.14. The number of aromatic nitrogens is 2. The number of nitrogens with one attached hydrogen (secondary N) is 1. The molecule has 3 aromatic rings. The fourth-order valence-electron chi connectivity index (χ4n) is 3.04. The van der Waals surface area contributed by atoms with Crippen molar-refractivity contribution in [2.24, 2.45) is 0 Å². The minimum absolute atomic E-state index is 0.249. The summed E-state index contributed by atoms with van der Waals surface area (Å²) < 4.78 is 27.5. The minimum atomic E-state index is -3.67. The molecule has 0 saturated carbocycles. The summed E-state index contributed by atoms with van der Waals surface area (Å²) in [7, 11) is -3.67. The van der Waals surface area contributed by atoms with Gasteiger partial charge in [0.15, 0.2) is 0 Å². The van der Waals surface area contributed by atoms with Gasteiger partial charge in [-0.15, -0.1) is 0 Å². The summed E-state index contributed by atoms with van der Waals surface area (Å²) in [5.41, 5.74) is 2.96. The van der Waals surface area contributed by atoms with Gasteiger partial charge in [0, 0.05) is 24.0 Å². The lowest BCUT2D eigenvalue weighted by molar-refractivity contribution is -0.119. The number of halogens is 1. The summed E-state index contributed by atoms with van der Waals surface area (Å²) in [6.07, 6.45) is 4.62. The number of carbonyl (C=O) groups excluding carboxylic acids is 1. The quantitative estimate of drug-likeness (QED) is 0.603. The predicted octanol–water partition coefficient (Wildman–Crippen LogP) is 3.22. The summed E-state index contributed by atoms with van der Waals surface area (Å²) in [6, 6.07) is 12.5. The van der Waals surface area contributed by atoms with Crippen LogP contribution in [0.2, 0.25) is 5.02 Å². The molecule has 0 spiro atoms. The second-order valence-corrected chi connectivity index (χ2v) is 9.27. The van der Waals surface area contributed by atoms with Gasteiger partial charge in [-0.2, -0.15) is 0 Å². The Hall–Kier alpha value is -2.84. The maximum absolute atomic E-state index is 12.6. The van der Waals surface area contributed by atoms with Crippen LogP contribution >= 0.6 is 11.6 Å². The number of nitrogens with zero attached hydrogens (tertiary/aromatic N) is 3. The SMILES string of the molecule is Cc1ccc(N(CC(=O)NCc2ccccc2-n2ccnc2C)S(C)(=O)=O)cc1Cl. The summed E-state index contributed by atoms with van der Waals surface area (Å²) in [6.45, 7) is 3.62. The first-order chi connectivity index (χ1) is 14.2. The third-order valence-corrected chi connectivity index (χ3v) is 6.23. The van der Waals surface area contributed by atoms with Crippen molar-refractivity contribution in [3.8, 4) is 5.69 Å². The van der Waals surface area contributed by atoms with E-state index < -0.39 is 15.9 Å². The number of hydrogen-bond donors (Lipinski definition) is 1. The third kappa shape index (κ3) is 5.01. The monoisotopic (exact) mass is 446 g/mol. The molecule has 0 atom stereocenters. The van der Waals surface area contributed by atoms with Gasteiger partial charge in [0.05, 0.1) is 17.6 Å². The number of carbonyl (C=O) groups is 1. The van der Waals surface area contributed by atoms with Gasteiger partial charge in [-0.05, 0) is 43.2 Å². The van der Waals surface area contributed by atoms with Crippen LogP contribution < -0.4 is 9.62 Å². The van der Waals surface area contributed by atoms with Crippen LogP contribution in [0.5, 0.6) is 0 Å². The van der Waals surface area contributed by atoms with Crippen molar-refractivity contribution >= 4 is 33.2 Å². The number of para-hydroxylation sites is 1. The van der Waals surface area contributed by atoms with Crippen LogP contribution in [0.25, 0.3) is 5.69 Å². The van der Waals surface area contributed by atoms with Crippen LogP contribution in [-0.4, -0.2) is 36.7 Å². The van der Waals surface area contributed by atoms with Crippen molar-refractivity contribution in [3.63, 3.8) is 0 Å². The highest BCUT2D eigenvalue weighted by Gasteiger charge is 2.21. The standard InChI is InChI=1S/C21H23ClN4O3S/c1-15-8-9-18(12-19(15)22)26(30(3,28)29)14-21(27)24-13-17-6-4-5-7-20(17)25-11-10-23-16(25)2/h4-12H,13-14H2,1-3H3,(H,24,27). The molecule has 1 amide bonds. The number of anilines is 1. The Balaban J connectivity index is 1.76. The molecule has 9 heteroatoms. The molecule has 0 saturated heterocycles. The van der Waals surface area contributed by atoms with Crippen LogP contribution in [-0.2, 0) is 21.4 Å². The smallest absolute Gasteiger partial charge is 0.241 e. The molecule has 0 aliphatic heterocycles. The van der Waals surface area contributed by atoms with E-state index in [1.165, 1.54) is 0 Å². The van der Waals surface area contributed by atoms with E-state index in [1.54, 1.807) is 24.4 Å². The lowest BCUT2D eigenvalue weighted by Gasteiger charge is -2.22. The van der Waals surface area contributed by atoms with Crippen LogP contribution in [0.4, 0.5) is 5.69 Å². The van der Waals surface area contributed by atoms with E-state index in [0.29, 0.717) is 10.7 Å². The van der Waals surface area contributed by atoms with Crippen LogP contribution in [0.15, 0.2) is 54.9 Å². The summed E-state index contributed by atoms with van der Waals surface area (Å²) in [5, 5.41) is 3.24. The van der Waals surface area contributed by atoms with Crippen LogP contribution in [0.1, 0.15) is 17.0 Å². The average molecular weight is 447 g/mol. The molecule has 1 N–H and O–H groups in total. The first kappa shape index (κ1) is 21.9. The molecule has 1 heterocycles. The number of benzene rings is 2. The number of imidazole rings is 1. The molecule has 30 heavy (non-hydrogen) atoms. The first-order valence-electron chi connectivity index (χ1n) is 9.25. The van der Waals surface area contributed by atoms with E-state index in [0.717, 1.165) is 33.2 Å². The average Bonchev–Trinajstić information content (AvgIpc) is 3.12. The number of rotatable bonds is 7. The molecular weight excluding hydrogens is 424 g/mol. The molecule has 1 aromatic heterocycles. The molecule has 0 unspecified atom stereocenters. The number of amides is 1. The van der Waals surface area contributed by atoms with Gasteiger partial charge in [-0.1, -0.05) is 35.9 Å². The van der Waals surface area contributed by atoms with Gasteiger partial charge in [0.2, 0.25) is 15.9 Å². The van der Waals surface area contributed by atoms with E-state index in [4.69, 9.17) is 11.6 Å². The van der Waals surface area contributed by atoms with Gasteiger partial charge in [-0.3, -0.25) is 9.10 Å². The zero-order chi connectivity index (χ0) is 21.9. The molecular formula is C21H23ClN4O3S. The number of hydrogen-bond acceptors (Lipinski definition) is 4. The Morgan fingerprint density at radius 2 is 1.93 bits per heavy atom. The van der Waals surface area contributed by atoms with E-state index in [2.05, 4.69) is 10.3 Å². The Morgan fingerprint density at radius 1 is 1.20 bits per heavy atom. The van der Waals surface area contributed by atoms with E-state index >= 15 is 0 Å². The highest BCUT2D eigenvalue weighted by molar-refractivity contribution is 7.92. The zero-order valence-electron chi connectivity index (χ0n) is 17.0. The molecule has 0 bridgehead atoms. The second kappa shape index (κ2) is 8.89.